The molecule has 0 radical (unpaired) electrons. The molecule has 0 aliphatic carbocycles. The zero-order chi connectivity index (χ0) is 27.2. The Morgan fingerprint density at radius 2 is 1.77 bits per heavy atom. The van der Waals surface area contributed by atoms with E-state index < -0.39 is 0 Å². The first-order valence-electron chi connectivity index (χ1n) is 13.5. The molecule has 1 aliphatic rings. The van der Waals surface area contributed by atoms with Gasteiger partial charge in [0.2, 0.25) is 0 Å². The van der Waals surface area contributed by atoms with Gasteiger partial charge in [0.25, 0.3) is 0 Å². The van der Waals surface area contributed by atoms with Crippen LogP contribution in [-0.4, -0.2) is 50.7 Å². The highest BCUT2D eigenvalue weighted by Gasteiger charge is 2.19. The number of methoxy groups -OCH3 is 1. The van der Waals surface area contributed by atoms with E-state index in [0.29, 0.717) is 12.3 Å². The van der Waals surface area contributed by atoms with Crippen LogP contribution in [0.2, 0.25) is 5.02 Å². The number of furan rings is 1. The lowest BCUT2D eigenvalue weighted by molar-refractivity contribution is 0.253. The average Bonchev–Trinajstić information content (AvgIpc) is 3.37. The van der Waals surface area contributed by atoms with Crippen LogP contribution in [0.1, 0.15) is 24.2 Å². The van der Waals surface area contributed by atoms with E-state index in [1.807, 2.05) is 48.5 Å². The summed E-state index contributed by atoms with van der Waals surface area (Å²) in [6.45, 7) is 5.68. The molecule has 8 heteroatoms. The zero-order valence-corrected chi connectivity index (χ0v) is 23.2. The predicted molar refractivity (Wildman–Crippen MR) is 160 cm³/mol. The van der Waals surface area contributed by atoms with Crippen LogP contribution in [0.4, 0.5) is 11.4 Å². The van der Waals surface area contributed by atoms with Crippen LogP contribution in [0.5, 0.6) is 5.75 Å². The number of aryl methyl sites for hydroxylation is 1. The summed E-state index contributed by atoms with van der Waals surface area (Å²) in [6.07, 6.45) is 3.18. The number of anilines is 2. The molecule has 0 unspecified atom stereocenters. The second kappa shape index (κ2) is 12.5. The van der Waals surface area contributed by atoms with Crippen LogP contribution >= 0.6 is 11.6 Å². The molecule has 1 fully saturated rings. The molecular weight excluding hydrogens is 510 g/mol. The number of nitrogens with two attached hydrogens (primary N) is 1. The molecule has 3 aromatic carbocycles. The van der Waals surface area contributed by atoms with Gasteiger partial charge in [-0.15, -0.1) is 0 Å². The highest BCUT2D eigenvalue weighted by atomic mass is 35.5. The molecule has 4 aromatic rings. The molecular formula is C31H36ClN5O2. The van der Waals surface area contributed by atoms with Crippen molar-refractivity contribution in [1.82, 2.24) is 4.90 Å². The Bertz CT molecular complexity index is 1360. The number of rotatable bonds is 10. The van der Waals surface area contributed by atoms with Crippen LogP contribution in [0, 0.1) is 5.41 Å². The van der Waals surface area contributed by atoms with Gasteiger partial charge in [-0.25, -0.2) is 0 Å². The van der Waals surface area contributed by atoms with Gasteiger partial charge in [-0.2, -0.15) is 0 Å². The highest BCUT2D eigenvalue weighted by Crippen LogP contribution is 2.32. The minimum atomic E-state index is -0.0522. The lowest BCUT2D eigenvalue weighted by Gasteiger charge is -2.36. The third-order valence-electron chi connectivity index (χ3n) is 7.37. The molecule has 39 heavy (non-hydrogen) atoms. The number of benzene rings is 3. The van der Waals surface area contributed by atoms with E-state index >= 15 is 0 Å². The highest BCUT2D eigenvalue weighted by molar-refractivity contribution is 6.30. The quantitative estimate of drug-likeness (QED) is 0.141. The first kappa shape index (κ1) is 26.9. The van der Waals surface area contributed by atoms with Crippen molar-refractivity contribution in [3.63, 3.8) is 0 Å². The van der Waals surface area contributed by atoms with Crippen LogP contribution in [-0.2, 0) is 13.0 Å². The van der Waals surface area contributed by atoms with E-state index in [-0.39, 0.29) is 5.96 Å². The lowest BCUT2D eigenvalue weighted by atomic mass is 10.1. The summed E-state index contributed by atoms with van der Waals surface area (Å²) in [4.78, 5) is 6.72. The normalized spacial score (nSPS) is 14.1. The van der Waals surface area contributed by atoms with Crippen molar-refractivity contribution in [3.8, 4) is 5.75 Å². The number of hydrogen-bond acceptors (Lipinski definition) is 5. The summed E-state index contributed by atoms with van der Waals surface area (Å²) in [5, 5.41) is 10.1. The number of halogens is 1. The van der Waals surface area contributed by atoms with Gasteiger partial charge in [0.05, 0.1) is 19.3 Å². The van der Waals surface area contributed by atoms with E-state index in [1.165, 1.54) is 11.3 Å². The van der Waals surface area contributed by atoms with Crippen LogP contribution in [0.3, 0.4) is 0 Å². The molecule has 0 bridgehead atoms. The maximum absolute atomic E-state index is 8.27. The fourth-order valence-electron chi connectivity index (χ4n) is 5.22. The Kier molecular flexibility index (Phi) is 8.59. The Morgan fingerprint density at radius 3 is 2.49 bits per heavy atom. The smallest absolute Gasteiger partial charge is 0.193 e. The number of fused-ring (bicyclic) bond motifs is 1. The van der Waals surface area contributed by atoms with Gasteiger partial charge >= 0.3 is 0 Å². The molecule has 1 aliphatic heterocycles. The van der Waals surface area contributed by atoms with Crippen molar-refractivity contribution in [1.29, 1.82) is 5.41 Å². The van der Waals surface area contributed by atoms with Crippen LogP contribution in [0.25, 0.3) is 11.0 Å². The third kappa shape index (κ3) is 6.67. The molecule has 5 rings (SSSR count). The van der Waals surface area contributed by atoms with Gasteiger partial charge in [-0.1, -0.05) is 35.9 Å². The van der Waals surface area contributed by atoms with E-state index in [2.05, 4.69) is 34.1 Å². The Morgan fingerprint density at radius 1 is 1.00 bits per heavy atom. The maximum atomic E-state index is 8.27. The Balaban J connectivity index is 1.16. The molecule has 204 valence electrons. The zero-order valence-electron chi connectivity index (χ0n) is 22.4. The number of nitrogens with one attached hydrogen (secondary N) is 1. The number of nitrogens with zero attached hydrogens (tertiary/aromatic N) is 3. The molecule has 1 saturated heterocycles. The summed E-state index contributed by atoms with van der Waals surface area (Å²) in [5.41, 5.74) is 10.1. The first-order chi connectivity index (χ1) is 19.0. The van der Waals surface area contributed by atoms with Crippen molar-refractivity contribution in [2.45, 2.75) is 25.8 Å². The SMILES string of the molecule is COc1ccc(CCCCN2CCN(c3ccc(Cl)cc3)CC2)cc1N(Cc1cc2ccccc2o1)C(=N)N. The van der Waals surface area contributed by atoms with Crippen LogP contribution in [0.15, 0.2) is 77.2 Å². The van der Waals surface area contributed by atoms with Crippen molar-refractivity contribution in [2.24, 2.45) is 5.73 Å². The molecule has 0 atom stereocenters. The van der Waals surface area contributed by atoms with Crippen molar-refractivity contribution in [3.05, 3.63) is 89.1 Å². The summed E-state index contributed by atoms with van der Waals surface area (Å²) < 4.78 is 11.6. The van der Waals surface area contributed by atoms with Gasteiger partial charge in [0.15, 0.2) is 5.96 Å². The van der Waals surface area contributed by atoms with Crippen molar-refractivity contribution < 1.29 is 9.15 Å². The molecule has 0 amide bonds. The summed E-state index contributed by atoms with van der Waals surface area (Å²) in [6, 6.07) is 24.2. The van der Waals surface area contributed by atoms with Gasteiger partial charge in [0, 0.05) is 42.3 Å². The molecule has 1 aromatic heterocycles. The number of guanidine groups is 1. The maximum Gasteiger partial charge on any atom is 0.193 e. The van der Waals surface area contributed by atoms with E-state index in [4.69, 9.17) is 31.9 Å². The second-order valence-electron chi connectivity index (χ2n) is 9.99. The van der Waals surface area contributed by atoms with Crippen LogP contribution < -0.4 is 20.3 Å². The van der Waals surface area contributed by atoms with Crippen molar-refractivity contribution in [2.75, 3.05) is 49.6 Å². The van der Waals surface area contributed by atoms with Gasteiger partial charge < -0.3 is 24.7 Å². The number of piperazine rings is 1. The second-order valence-corrected chi connectivity index (χ2v) is 10.4. The number of para-hydroxylation sites is 1. The van der Waals surface area contributed by atoms with E-state index in [1.54, 1.807) is 12.0 Å². The number of hydrogen-bond donors (Lipinski definition) is 2. The first-order valence-corrected chi connectivity index (χ1v) is 13.9. The monoisotopic (exact) mass is 545 g/mol. The summed E-state index contributed by atoms with van der Waals surface area (Å²) >= 11 is 6.03. The number of ether oxygens (including phenoxy) is 1. The fraction of sp³-hybridized carbons (Fsp3) is 0.323. The van der Waals surface area contributed by atoms with E-state index in [0.717, 1.165) is 79.4 Å². The van der Waals surface area contributed by atoms with Gasteiger partial charge in [-0.3, -0.25) is 10.3 Å². The lowest BCUT2D eigenvalue weighted by Crippen LogP contribution is -2.46. The summed E-state index contributed by atoms with van der Waals surface area (Å²) in [7, 11) is 1.64. The van der Waals surface area contributed by atoms with Gasteiger partial charge in [-0.05, 0) is 79.9 Å². The largest absolute Gasteiger partial charge is 0.495 e. The minimum absolute atomic E-state index is 0.0522. The summed E-state index contributed by atoms with van der Waals surface area (Å²) in [5.74, 6) is 1.38. The molecule has 3 N–H and O–H groups in total. The van der Waals surface area contributed by atoms with Crippen molar-refractivity contribution >= 4 is 39.9 Å². The molecule has 0 saturated carbocycles. The average molecular weight is 546 g/mol. The topological polar surface area (TPSA) is 82.0 Å². The van der Waals surface area contributed by atoms with Gasteiger partial charge in [0.1, 0.15) is 17.1 Å². The molecule has 0 spiro atoms. The predicted octanol–water partition coefficient (Wildman–Crippen LogP) is 6.14. The minimum Gasteiger partial charge on any atom is -0.495 e. The molecule has 2 heterocycles. The molecule has 7 nitrogen and oxygen atoms in total. The standard InChI is InChI=1S/C31H36ClN5O2/c1-38-30-14-9-23(6-4-5-15-35-16-18-36(19-17-35)26-12-10-25(32)11-13-26)20-28(30)37(31(33)34)22-27-21-24-7-2-3-8-29(24)39-27/h2-3,7-14,20-21H,4-6,15-19,22H2,1H3,(H3,33,34). The van der Waals surface area contributed by atoms with E-state index in [9.17, 15) is 0 Å². The Hall–Kier alpha value is -3.68. The number of unbranched alkanes of at least 4 members (excludes halogenated alkanes) is 1. The fourth-order valence-corrected chi connectivity index (χ4v) is 5.34. The third-order valence-corrected chi connectivity index (χ3v) is 7.62. The Labute approximate surface area is 235 Å².